The molecule has 1 heterocycles. The van der Waals surface area contributed by atoms with Crippen LogP contribution in [0.1, 0.15) is 22.9 Å². The van der Waals surface area contributed by atoms with E-state index in [9.17, 15) is 4.79 Å². The summed E-state index contributed by atoms with van der Waals surface area (Å²) in [6.07, 6.45) is 0. The average molecular weight is 352 g/mol. The van der Waals surface area contributed by atoms with E-state index in [1.807, 2.05) is 55.5 Å². The summed E-state index contributed by atoms with van der Waals surface area (Å²) in [5.74, 6) is 0.509. The van der Waals surface area contributed by atoms with Gasteiger partial charge in [0.15, 0.2) is 0 Å². The van der Waals surface area contributed by atoms with Crippen LogP contribution < -0.4 is 11.3 Å². The predicted octanol–water partition coefficient (Wildman–Crippen LogP) is 3.17. The summed E-state index contributed by atoms with van der Waals surface area (Å²) in [5.41, 5.74) is 8.57. The first kappa shape index (κ1) is 19.2. The van der Waals surface area contributed by atoms with Crippen LogP contribution in [0.3, 0.4) is 0 Å². The standard InChI is InChI=1S/C17H17N3O.2ClH/c1-11-7-8-15-13(9-11)17(21)20-16(19-15)14(10-18)12-5-3-2-4-6-12;;/h2-9,14H,10,18H2,1H3,(H,19,20,21);2*1H. The topological polar surface area (TPSA) is 71.8 Å². The van der Waals surface area contributed by atoms with Crippen molar-refractivity contribution < 1.29 is 0 Å². The van der Waals surface area contributed by atoms with Crippen LogP contribution >= 0.6 is 24.8 Å². The highest BCUT2D eigenvalue weighted by molar-refractivity contribution is 5.85. The molecule has 4 nitrogen and oxygen atoms in total. The third-order valence-corrected chi connectivity index (χ3v) is 3.65. The van der Waals surface area contributed by atoms with Gasteiger partial charge >= 0.3 is 0 Å². The number of benzene rings is 2. The van der Waals surface area contributed by atoms with E-state index in [0.717, 1.165) is 11.1 Å². The van der Waals surface area contributed by atoms with Crippen LogP contribution in [0, 0.1) is 6.92 Å². The van der Waals surface area contributed by atoms with Crippen LogP contribution in [-0.2, 0) is 0 Å². The molecule has 1 atom stereocenters. The zero-order valence-corrected chi connectivity index (χ0v) is 14.3. The highest BCUT2D eigenvalue weighted by atomic mass is 35.5. The molecule has 3 N–H and O–H groups in total. The molecule has 0 radical (unpaired) electrons. The zero-order chi connectivity index (χ0) is 14.8. The lowest BCUT2D eigenvalue weighted by Gasteiger charge is -2.15. The fourth-order valence-corrected chi connectivity index (χ4v) is 2.53. The molecule has 3 aromatic rings. The Morgan fingerprint density at radius 3 is 2.48 bits per heavy atom. The Kier molecular flexibility index (Phi) is 6.76. The van der Waals surface area contributed by atoms with Gasteiger partial charge < -0.3 is 10.7 Å². The smallest absolute Gasteiger partial charge is 0.258 e. The minimum atomic E-state index is -0.118. The number of fused-ring (bicyclic) bond motifs is 1. The number of nitrogens with zero attached hydrogens (tertiary/aromatic N) is 1. The second kappa shape index (κ2) is 8.11. The number of halogens is 2. The first-order chi connectivity index (χ1) is 10.2. The molecular weight excluding hydrogens is 333 g/mol. The Morgan fingerprint density at radius 1 is 1.13 bits per heavy atom. The molecule has 0 amide bonds. The second-order valence-electron chi connectivity index (χ2n) is 5.17. The molecular formula is C17H19Cl2N3O. The third kappa shape index (κ3) is 3.91. The first-order valence-corrected chi connectivity index (χ1v) is 6.94. The van der Waals surface area contributed by atoms with Crippen LogP contribution in [0.25, 0.3) is 10.9 Å². The highest BCUT2D eigenvalue weighted by Gasteiger charge is 2.16. The maximum absolute atomic E-state index is 12.3. The lowest BCUT2D eigenvalue weighted by Crippen LogP contribution is -2.21. The number of aromatic amines is 1. The molecule has 0 aliphatic carbocycles. The number of aryl methyl sites for hydroxylation is 1. The van der Waals surface area contributed by atoms with Gasteiger partial charge in [-0.2, -0.15) is 0 Å². The maximum atomic E-state index is 12.3. The number of aromatic nitrogens is 2. The quantitative estimate of drug-likeness (QED) is 0.761. The summed E-state index contributed by atoms with van der Waals surface area (Å²) in [6.45, 7) is 2.35. The number of H-pyrrole nitrogens is 1. The van der Waals surface area contributed by atoms with E-state index in [0.29, 0.717) is 23.3 Å². The van der Waals surface area contributed by atoms with E-state index in [4.69, 9.17) is 5.73 Å². The van der Waals surface area contributed by atoms with Crippen molar-refractivity contribution in [2.45, 2.75) is 12.8 Å². The highest BCUT2D eigenvalue weighted by Crippen LogP contribution is 2.21. The molecule has 3 rings (SSSR count). The van der Waals surface area contributed by atoms with Crippen molar-refractivity contribution in [1.82, 2.24) is 9.97 Å². The average Bonchev–Trinajstić information content (AvgIpc) is 2.50. The Hall–Kier alpha value is -1.88. The molecule has 0 spiro atoms. The number of nitrogens with two attached hydrogens (primary N) is 1. The molecule has 2 aromatic carbocycles. The Labute approximate surface area is 147 Å². The molecule has 0 aliphatic rings. The maximum Gasteiger partial charge on any atom is 0.258 e. The van der Waals surface area contributed by atoms with Gasteiger partial charge in [0.1, 0.15) is 5.82 Å². The van der Waals surface area contributed by atoms with Gasteiger partial charge in [-0.15, -0.1) is 24.8 Å². The van der Waals surface area contributed by atoms with Crippen molar-refractivity contribution in [2.24, 2.45) is 5.73 Å². The minimum absolute atomic E-state index is 0. The monoisotopic (exact) mass is 351 g/mol. The van der Waals surface area contributed by atoms with Crippen LogP contribution in [0.4, 0.5) is 0 Å². The largest absolute Gasteiger partial charge is 0.329 e. The first-order valence-electron chi connectivity index (χ1n) is 6.94. The van der Waals surface area contributed by atoms with E-state index in [1.54, 1.807) is 0 Å². The Bertz CT molecular complexity index is 834. The van der Waals surface area contributed by atoms with Crippen molar-refractivity contribution in [1.29, 1.82) is 0 Å². The summed E-state index contributed by atoms with van der Waals surface area (Å²) >= 11 is 0. The number of rotatable bonds is 3. The lowest BCUT2D eigenvalue weighted by molar-refractivity contribution is 0.751. The van der Waals surface area contributed by atoms with Crippen LogP contribution in [0.15, 0.2) is 53.3 Å². The predicted molar refractivity (Wildman–Crippen MR) is 98.9 cm³/mol. The fourth-order valence-electron chi connectivity index (χ4n) is 2.53. The molecule has 0 saturated carbocycles. The van der Waals surface area contributed by atoms with E-state index < -0.39 is 0 Å². The SMILES string of the molecule is Cc1ccc2nc(C(CN)c3ccccc3)[nH]c(=O)c2c1.Cl.Cl. The molecule has 0 bridgehead atoms. The van der Waals surface area contributed by atoms with Gasteiger partial charge in [0.2, 0.25) is 0 Å². The van der Waals surface area contributed by atoms with Gasteiger partial charge in [-0.25, -0.2) is 4.98 Å². The zero-order valence-electron chi connectivity index (χ0n) is 12.7. The van der Waals surface area contributed by atoms with E-state index in [-0.39, 0.29) is 36.3 Å². The lowest BCUT2D eigenvalue weighted by atomic mass is 9.98. The molecule has 1 unspecified atom stereocenters. The van der Waals surface area contributed by atoms with Gasteiger partial charge in [0.25, 0.3) is 5.56 Å². The third-order valence-electron chi connectivity index (χ3n) is 3.65. The van der Waals surface area contributed by atoms with Gasteiger partial charge in [-0.1, -0.05) is 42.0 Å². The van der Waals surface area contributed by atoms with Crippen LogP contribution in [-0.4, -0.2) is 16.5 Å². The number of hydrogen-bond acceptors (Lipinski definition) is 3. The van der Waals surface area contributed by atoms with Gasteiger partial charge in [-0.05, 0) is 24.6 Å². The van der Waals surface area contributed by atoms with Crippen molar-refractivity contribution in [3.63, 3.8) is 0 Å². The second-order valence-corrected chi connectivity index (χ2v) is 5.17. The normalized spacial score (nSPS) is 11.4. The van der Waals surface area contributed by atoms with Crippen molar-refractivity contribution >= 4 is 35.7 Å². The summed E-state index contributed by atoms with van der Waals surface area (Å²) in [5, 5.41) is 0.614. The van der Waals surface area contributed by atoms with Crippen molar-refractivity contribution in [3.8, 4) is 0 Å². The summed E-state index contributed by atoms with van der Waals surface area (Å²) < 4.78 is 0. The Balaban J connectivity index is 0.00000132. The van der Waals surface area contributed by atoms with E-state index in [2.05, 4.69) is 9.97 Å². The van der Waals surface area contributed by atoms with Crippen molar-refractivity contribution in [3.05, 3.63) is 75.8 Å². The van der Waals surface area contributed by atoms with E-state index >= 15 is 0 Å². The van der Waals surface area contributed by atoms with Gasteiger partial charge in [0, 0.05) is 6.54 Å². The molecule has 0 aliphatic heterocycles. The summed E-state index contributed by atoms with van der Waals surface area (Å²) in [7, 11) is 0. The van der Waals surface area contributed by atoms with E-state index in [1.165, 1.54) is 0 Å². The molecule has 23 heavy (non-hydrogen) atoms. The summed E-state index contributed by atoms with van der Waals surface area (Å²) in [4.78, 5) is 19.7. The molecule has 6 heteroatoms. The number of hydrogen-bond donors (Lipinski definition) is 2. The Morgan fingerprint density at radius 2 is 1.83 bits per heavy atom. The van der Waals surface area contributed by atoms with Crippen LogP contribution in [0.2, 0.25) is 0 Å². The molecule has 0 saturated heterocycles. The molecule has 0 fully saturated rings. The molecule has 1 aromatic heterocycles. The van der Waals surface area contributed by atoms with Gasteiger partial charge in [0.05, 0.1) is 16.8 Å². The number of nitrogens with one attached hydrogen (secondary N) is 1. The summed E-state index contributed by atoms with van der Waals surface area (Å²) in [6, 6.07) is 15.6. The fraction of sp³-hybridized carbons (Fsp3) is 0.176. The van der Waals surface area contributed by atoms with Crippen LogP contribution in [0.5, 0.6) is 0 Å². The minimum Gasteiger partial charge on any atom is -0.329 e. The van der Waals surface area contributed by atoms with Crippen molar-refractivity contribution in [2.75, 3.05) is 6.54 Å². The molecule has 122 valence electrons. The van der Waals surface area contributed by atoms with Gasteiger partial charge in [-0.3, -0.25) is 4.79 Å².